The molecule has 0 fully saturated rings. The van der Waals surface area contributed by atoms with Crippen molar-refractivity contribution in [3.05, 3.63) is 211 Å². The standard InChI is InChI=1S/C20H25F2N.C15H22N2.C13H13N.C12H18.C11H15F.C3H8/c1-5-16-12-18(14(2)3)10-9-17(16)8-6-15-7-11-19(23-13-15)20(4,21)22;1-6-12(13(7-2)10(3)4)9-14-11(5)8-15(16)17-14;1-2-3-4-5-11-6-7-12-8-9-14-13(12)10-11;1-5-11-8-12(9(2)3)7-6-10(11)4;1-4-9-5-7-10(8-6-9)11(2,3)12;1-3-2/h7,9-14H,5-6,8H2,1-4H3;6-7,9-10H,5,8H2,1-4H3,(H2,16,17);6-7,9-10H,2-3,8H2,1H3;6-9H,5H2,1-4H3;5-8H,4H2,1-3H3;3H2,1-2H3/b;12-6+,13-7+,14-9+;;;;. The number of halogens is 3. The van der Waals surface area contributed by atoms with Crippen molar-refractivity contribution in [3.63, 3.8) is 0 Å². The first-order valence-corrected chi connectivity index (χ1v) is 29.8. The fourth-order valence-electron chi connectivity index (χ4n) is 8.75. The Hall–Kier alpha value is -6.52. The Morgan fingerprint density at radius 2 is 1.32 bits per heavy atom. The Labute approximate surface area is 490 Å². The largest absolute Gasteiger partial charge is 0.387 e. The molecule has 438 valence electrons. The molecule has 0 amide bonds. The molecule has 0 bridgehead atoms. The first kappa shape index (κ1) is 70.6. The second kappa shape index (κ2) is 36.0. The number of unbranched alkanes of at least 4 members (excludes halogenated alkanes) is 1. The van der Waals surface area contributed by atoms with Crippen LogP contribution >= 0.6 is 0 Å². The van der Waals surface area contributed by atoms with Gasteiger partial charge in [0.1, 0.15) is 17.2 Å². The normalized spacial score (nSPS) is 13.3. The minimum absolute atomic E-state index is 0.170. The van der Waals surface area contributed by atoms with Gasteiger partial charge in [0.05, 0.1) is 11.4 Å². The molecule has 7 heteroatoms. The predicted molar refractivity (Wildman–Crippen MR) is 348 cm³/mol. The van der Waals surface area contributed by atoms with Gasteiger partial charge in [0.25, 0.3) is 5.92 Å². The Kier molecular flexibility index (Phi) is 31.4. The predicted octanol–water partition coefficient (Wildman–Crippen LogP) is 21.0. The van der Waals surface area contributed by atoms with Crippen LogP contribution < -0.4 is 5.73 Å². The van der Waals surface area contributed by atoms with E-state index in [0.29, 0.717) is 30.0 Å². The van der Waals surface area contributed by atoms with Crippen LogP contribution in [0.3, 0.4) is 0 Å². The maximum absolute atomic E-state index is 13.4. The number of hydrogen-bond donors (Lipinski definition) is 1. The lowest BCUT2D eigenvalue weighted by atomic mass is 9.93. The molecule has 2 aliphatic heterocycles. The molecule has 7 rings (SSSR count). The third-order valence-corrected chi connectivity index (χ3v) is 13.8. The molecule has 0 unspecified atom stereocenters. The molecule has 2 aliphatic rings. The van der Waals surface area contributed by atoms with E-state index in [2.05, 4.69) is 203 Å². The van der Waals surface area contributed by atoms with E-state index in [1.807, 2.05) is 37.4 Å². The van der Waals surface area contributed by atoms with E-state index >= 15 is 0 Å². The second-order valence-corrected chi connectivity index (χ2v) is 22.4. The molecule has 0 radical (unpaired) electrons. The SMILES string of the molecule is C=C1CC(N)=N/C1=C/C(=C\C)C(=C/C)/C(C)C.CCC.CCCC#Cc1ccc2c(c1)N=CC2.CCc1cc(C(C)C)ccc1C.CCc1cc(C(C)C)ccc1CCc1ccc(C(C)(F)F)nc1.CCc1ccc(C(C)(C)F)cc1. The Morgan fingerprint density at radius 1 is 0.716 bits per heavy atom. The summed E-state index contributed by atoms with van der Waals surface area (Å²) in [4.78, 5) is 12.5. The van der Waals surface area contributed by atoms with Gasteiger partial charge >= 0.3 is 0 Å². The smallest absolute Gasteiger partial charge is 0.286 e. The number of allylic oxidation sites excluding steroid dienone is 6. The summed E-state index contributed by atoms with van der Waals surface area (Å²) >= 11 is 0. The summed E-state index contributed by atoms with van der Waals surface area (Å²) in [6, 6.07) is 30.6. The number of amidine groups is 1. The molecule has 81 heavy (non-hydrogen) atoms. The summed E-state index contributed by atoms with van der Waals surface area (Å²) in [5.74, 6) is 5.75. The molecule has 0 atom stereocenters. The summed E-state index contributed by atoms with van der Waals surface area (Å²) in [6.07, 6.45) is 19.8. The van der Waals surface area contributed by atoms with E-state index in [1.54, 1.807) is 26.1 Å². The maximum atomic E-state index is 13.4. The number of aliphatic imine (C=N–C) groups is 2. The Balaban J connectivity index is 0.000000349. The van der Waals surface area contributed by atoms with E-state index in [1.165, 1.54) is 68.1 Å². The van der Waals surface area contributed by atoms with Crippen molar-refractivity contribution in [1.82, 2.24) is 4.98 Å². The Bertz CT molecular complexity index is 2920. The molecule has 4 nitrogen and oxygen atoms in total. The number of hydrogen-bond acceptors (Lipinski definition) is 4. The highest BCUT2D eigenvalue weighted by Gasteiger charge is 2.25. The van der Waals surface area contributed by atoms with Crippen molar-refractivity contribution in [2.24, 2.45) is 21.6 Å². The van der Waals surface area contributed by atoms with Crippen LogP contribution in [0.25, 0.3) is 0 Å². The first-order chi connectivity index (χ1) is 38.3. The van der Waals surface area contributed by atoms with Crippen LogP contribution in [0.15, 0.2) is 154 Å². The third kappa shape index (κ3) is 25.0. The van der Waals surface area contributed by atoms with E-state index in [9.17, 15) is 13.2 Å². The van der Waals surface area contributed by atoms with Crippen LogP contribution in [0.2, 0.25) is 0 Å². The molecule has 5 aromatic rings. The number of alkyl halides is 3. The number of aromatic nitrogens is 1. The molecule has 0 spiro atoms. The van der Waals surface area contributed by atoms with Gasteiger partial charge in [0.2, 0.25) is 0 Å². The zero-order valence-electron chi connectivity index (χ0n) is 53.1. The fraction of sp³-hybridized carbons (Fsp3) is 0.446. The van der Waals surface area contributed by atoms with Crippen LogP contribution in [0, 0.1) is 24.7 Å². The van der Waals surface area contributed by atoms with Gasteiger partial charge in [-0.2, -0.15) is 8.78 Å². The molecule has 3 heterocycles. The molecule has 0 saturated heterocycles. The molecule has 0 saturated carbocycles. The molecule has 2 N–H and O–H groups in total. The van der Waals surface area contributed by atoms with Gasteiger partial charge in [-0.1, -0.05) is 193 Å². The van der Waals surface area contributed by atoms with Crippen molar-refractivity contribution in [3.8, 4) is 11.8 Å². The van der Waals surface area contributed by atoms with Gasteiger partial charge in [-0.25, -0.2) is 9.38 Å². The van der Waals surface area contributed by atoms with Crippen LogP contribution in [0.5, 0.6) is 0 Å². The fourth-order valence-corrected chi connectivity index (χ4v) is 8.75. The zero-order valence-corrected chi connectivity index (χ0v) is 53.1. The lowest BCUT2D eigenvalue weighted by Crippen LogP contribution is -2.09. The van der Waals surface area contributed by atoms with Crippen LogP contribution in [-0.4, -0.2) is 17.0 Å². The van der Waals surface area contributed by atoms with E-state index < -0.39 is 11.6 Å². The highest BCUT2D eigenvalue weighted by Crippen LogP contribution is 2.30. The van der Waals surface area contributed by atoms with Crippen molar-refractivity contribution in [1.29, 1.82) is 0 Å². The van der Waals surface area contributed by atoms with Crippen LogP contribution in [0.4, 0.5) is 18.9 Å². The quantitative estimate of drug-likeness (QED) is 0.0890. The van der Waals surface area contributed by atoms with Crippen molar-refractivity contribution < 1.29 is 13.2 Å². The topological polar surface area (TPSA) is 63.6 Å². The molecule has 1 aromatic heterocycles. The molecular formula is C74H101F3N4. The van der Waals surface area contributed by atoms with E-state index in [0.717, 1.165) is 91.9 Å². The highest BCUT2D eigenvalue weighted by molar-refractivity contribution is 5.88. The minimum atomic E-state index is -2.87. The third-order valence-electron chi connectivity index (χ3n) is 13.8. The zero-order chi connectivity index (χ0) is 60.9. The van der Waals surface area contributed by atoms with E-state index in [-0.39, 0.29) is 5.69 Å². The monoisotopic (exact) mass is 1100 g/mol. The van der Waals surface area contributed by atoms with Crippen LogP contribution in [0.1, 0.15) is 222 Å². The average molecular weight is 1100 g/mol. The van der Waals surface area contributed by atoms with Gasteiger partial charge in [-0.05, 0) is 188 Å². The summed E-state index contributed by atoms with van der Waals surface area (Å²) in [6.45, 7) is 40.5. The number of benzene rings is 4. The van der Waals surface area contributed by atoms with Gasteiger partial charge < -0.3 is 5.73 Å². The summed E-state index contributed by atoms with van der Waals surface area (Å²) < 4.78 is 39.7. The molecule has 4 aromatic carbocycles. The second-order valence-electron chi connectivity index (χ2n) is 22.4. The summed E-state index contributed by atoms with van der Waals surface area (Å²) in [5, 5.41) is 0. The number of aryl methyl sites for hydroxylation is 6. The van der Waals surface area contributed by atoms with Gasteiger partial charge in [0.15, 0.2) is 0 Å². The Morgan fingerprint density at radius 3 is 1.80 bits per heavy atom. The van der Waals surface area contributed by atoms with Crippen molar-refractivity contribution >= 4 is 17.7 Å². The van der Waals surface area contributed by atoms with Gasteiger partial charge in [0, 0.05) is 44.2 Å². The maximum Gasteiger partial charge on any atom is 0.286 e. The first-order valence-electron chi connectivity index (χ1n) is 29.8. The number of fused-ring (bicyclic) bond motifs is 1. The number of rotatable bonds is 14. The highest BCUT2D eigenvalue weighted by atomic mass is 19.3. The molecular weight excluding hydrogens is 1000 g/mol. The number of nitrogens with zero attached hydrogens (tertiary/aromatic N) is 3. The summed E-state index contributed by atoms with van der Waals surface area (Å²) in [7, 11) is 0. The lowest BCUT2D eigenvalue weighted by molar-refractivity contribution is 0.0127. The van der Waals surface area contributed by atoms with Gasteiger partial charge in [-0.3, -0.25) is 9.98 Å². The van der Waals surface area contributed by atoms with Crippen LogP contribution in [-0.2, 0) is 50.1 Å². The lowest BCUT2D eigenvalue weighted by Gasteiger charge is -2.14. The van der Waals surface area contributed by atoms with Crippen molar-refractivity contribution in [2.75, 3.05) is 0 Å². The van der Waals surface area contributed by atoms with Crippen molar-refractivity contribution in [2.45, 2.75) is 212 Å². The average Bonchev–Trinajstić information content (AvgIpc) is 4.04. The van der Waals surface area contributed by atoms with Gasteiger partial charge in [-0.15, -0.1) is 0 Å². The summed E-state index contributed by atoms with van der Waals surface area (Å²) in [5.41, 5.74) is 23.7. The molecule has 0 aliphatic carbocycles. The minimum Gasteiger partial charge on any atom is -0.387 e. The number of nitrogens with two attached hydrogens (primary N) is 1. The number of pyridine rings is 1. The van der Waals surface area contributed by atoms with E-state index in [4.69, 9.17) is 5.73 Å².